The van der Waals surface area contributed by atoms with Gasteiger partial charge in [-0.3, -0.25) is 9.59 Å². The lowest BCUT2D eigenvalue weighted by Crippen LogP contribution is -2.38. The van der Waals surface area contributed by atoms with Crippen molar-refractivity contribution in [3.8, 4) is 11.5 Å². The Labute approximate surface area is 177 Å². The van der Waals surface area contributed by atoms with Crippen LogP contribution in [-0.2, 0) is 4.79 Å². The molecule has 2 aromatic carbocycles. The molecule has 166 valence electrons. The number of nitrogens with zero attached hydrogens (tertiary/aromatic N) is 1. The molecule has 2 aromatic rings. The van der Waals surface area contributed by atoms with Crippen LogP contribution in [0.2, 0.25) is 0 Å². The van der Waals surface area contributed by atoms with Crippen LogP contribution >= 0.6 is 0 Å². The first-order chi connectivity index (χ1) is 14.9. The molecule has 1 aliphatic heterocycles. The maximum absolute atomic E-state index is 13.8. The SMILES string of the molecule is CCOc1cc(C(=O)Nc2ccc(F)c(F)c2F)ccc1OCC(=O)N1CCCCC1. The molecule has 0 spiro atoms. The van der Waals surface area contributed by atoms with Crippen molar-refractivity contribution in [2.75, 3.05) is 31.6 Å². The Morgan fingerprint density at radius 1 is 0.968 bits per heavy atom. The van der Waals surface area contributed by atoms with Crippen LogP contribution in [0.3, 0.4) is 0 Å². The summed E-state index contributed by atoms with van der Waals surface area (Å²) >= 11 is 0. The lowest BCUT2D eigenvalue weighted by atomic mass is 10.1. The van der Waals surface area contributed by atoms with E-state index in [9.17, 15) is 22.8 Å². The molecule has 6 nitrogen and oxygen atoms in total. The molecule has 31 heavy (non-hydrogen) atoms. The van der Waals surface area contributed by atoms with Crippen LogP contribution in [-0.4, -0.2) is 43.0 Å². The summed E-state index contributed by atoms with van der Waals surface area (Å²) in [6.07, 6.45) is 3.05. The first kappa shape index (κ1) is 22.5. The fourth-order valence-electron chi connectivity index (χ4n) is 3.23. The fourth-order valence-corrected chi connectivity index (χ4v) is 3.23. The molecular weight excluding hydrogens is 413 g/mol. The molecule has 2 amide bonds. The topological polar surface area (TPSA) is 67.9 Å². The summed E-state index contributed by atoms with van der Waals surface area (Å²) in [5, 5.41) is 2.20. The van der Waals surface area contributed by atoms with Crippen molar-refractivity contribution in [3.63, 3.8) is 0 Å². The van der Waals surface area contributed by atoms with Crippen LogP contribution in [0.15, 0.2) is 30.3 Å². The Hall–Kier alpha value is -3.23. The van der Waals surface area contributed by atoms with Gasteiger partial charge in [0.05, 0.1) is 12.3 Å². The first-order valence-electron chi connectivity index (χ1n) is 10.0. The largest absolute Gasteiger partial charge is 0.490 e. The highest BCUT2D eigenvalue weighted by Crippen LogP contribution is 2.29. The number of ether oxygens (including phenoxy) is 2. The van der Waals surface area contributed by atoms with Crippen LogP contribution in [0.1, 0.15) is 36.5 Å². The van der Waals surface area contributed by atoms with Crippen molar-refractivity contribution < 1.29 is 32.2 Å². The van der Waals surface area contributed by atoms with Crippen molar-refractivity contribution in [3.05, 3.63) is 53.3 Å². The zero-order valence-electron chi connectivity index (χ0n) is 17.1. The first-order valence-corrected chi connectivity index (χ1v) is 10.0. The van der Waals surface area contributed by atoms with E-state index in [4.69, 9.17) is 9.47 Å². The standard InChI is InChI=1S/C22H23F3N2O4/c1-2-30-18-12-14(22(29)26-16-8-7-15(23)20(24)21(16)25)6-9-17(18)31-13-19(28)27-10-4-3-5-11-27/h6-9,12H,2-5,10-11,13H2,1H3,(H,26,29). The Morgan fingerprint density at radius 3 is 2.42 bits per heavy atom. The van der Waals surface area contributed by atoms with E-state index >= 15 is 0 Å². The molecule has 9 heteroatoms. The van der Waals surface area contributed by atoms with Crippen LogP contribution < -0.4 is 14.8 Å². The van der Waals surface area contributed by atoms with Crippen molar-refractivity contribution in [2.45, 2.75) is 26.2 Å². The third-order valence-electron chi connectivity index (χ3n) is 4.85. The summed E-state index contributed by atoms with van der Waals surface area (Å²) < 4.78 is 51.4. The molecule has 1 N–H and O–H groups in total. The molecule has 0 aliphatic carbocycles. The number of carbonyl (C=O) groups is 2. The molecule has 0 aromatic heterocycles. The third-order valence-corrected chi connectivity index (χ3v) is 4.85. The number of carbonyl (C=O) groups excluding carboxylic acids is 2. The number of nitrogens with one attached hydrogen (secondary N) is 1. The zero-order valence-corrected chi connectivity index (χ0v) is 17.1. The van der Waals surface area contributed by atoms with Gasteiger partial charge in [-0.1, -0.05) is 0 Å². The highest BCUT2D eigenvalue weighted by atomic mass is 19.2. The van der Waals surface area contributed by atoms with Crippen molar-refractivity contribution in [2.24, 2.45) is 0 Å². The number of rotatable bonds is 7. The second-order valence-electron chi connectivity index (χ2n) is 7.00. The van der Waals surface area contributed by atoms with E-state index in [1.807, 2.05) is 0 Å². The van der Waals surface area contributed by atoms with Crippen LogP contribution in [0.4, 0.5) is 18.9 Å². The monoisotopic (exact) mass is 436 g/mol. The fraction of sp³-hybridized carbons (Fsp3) is 0.364. The molecule has 0 atom stereocenters. The molecule has 0 bridgehead atoms. The highest BCUT2D eigenvalue weighted by molar-refractivity contribution is 6.04. The predicted octanol–water partition coefficient (Wildman–Crippen LogP) is 4.15. The average molecular weight is 436 g/mol. The average Bonchev–Trinajstić information content (AvgIpc) is 2.79. The molecule has 1 heterocycles. The smallest absolute Gasteiger partial charge is 0.260 e. The lowest BCUT2D eigenvalue weighted by Gasteiger charge is -2.26. The van der Waals surface area contributed by atoms with Crippen LogP contribution in [0, 0.1) is 17.5 Å². The number of benzene rings is 2. The van der Waals surface area contributed by atoms with E-state index in [1.165, 1.54) is 18.2 Å². The Morgan fingerprint density at radius 2 is 1.71 bits per heavy atom. The lowest BCUT2D eigenvalue weighted by molar-refractivity contribution is -0.134. The second-order valence-corrected chi connectivity index (χ2v) is 7.00. The van der Waals surface area contributed by atoms with E-state index in [2.05, 4.69) is 5.32 Å². The summed E-state index contributed by atoms with van der Waals surface area (Å²) in [6.45, 7) is 3.28. The van der Waals surface area contributed by atoms with Gasteiger partial charge in [-0.25, -0.2) is 13.2 Å². The van der Waals surface area contributed by atoms with Gasteiger partial charge in [0.25, 0.3) is 11.8 Å². The van der Waals surface area contributed by atoms with Gasteiger partial charge in [-0.05, 0) is 56.5 Å². The summed E-state index contributed by atoms with van der Waals surface area (Å²) in [4.78, 5) is 26.5. The Kier molecular flexibility index (Phi) is 7.38. The summed E-state index contributed by atoms with van der Waals surface area (Å²) in [7, 11) is 0. The number of likely N-dealkylation sites (tertiary alicyclic amines) is 1. The van der Waals surface area contributed by atoms with Gasteiger partial charge in [0.1, 0.15) is 0 Å². The maximum atomic E-state index is 13.8. The van der Waals surface area contributed by atoms with Crippen molar-refractivity contribution in [1.82, 2.24) is 4.90 Å². The third kappa shape index (κ3) is 5.48. The molecular formula is C22H23F3N2O4. The molecule has 0 saturated carbocycles. The highest BCUT2D eigenvalue weighted by Gasteiger charge is 2.20. The van der Waals surface area contributed by atoms with Gasteiger partial charge in [0.15, 0.2) is 35.6 Å². The second kappa shape index (κ2) is 10.2. The number of piperidine rings is 1. The maximum Gasteiger partial charge on any atom is 0.260 e. The summed E-state index contributed by atoms with van der Waals surface area (Å²) in [5.41, 5.74) is -0.406. The minimum atomic E-state index is -1.67. The normalized spacial score (nSPS) is 13.6. The number of hydrogen-bond donors (Lipinski definition) is 1. The van der Waals surface area contributed by atoms with Gasteiger partial charge < -0.3 is 19.7 Å². The van der Waals surface area contributed by atoms with E-state index < -0.39 is 29.0 Å². The molecule has 1 fully saturated rings. The molecule has 3 rings (SSSR count). The van der Waals surface area contributed by atoms with Crippen LogP contribution in [0.5, 0.6) is 11.5 Å². The van der Waals surface area contributed by atoms with Crippen molar-refractivity contribution >= 4 is 17.5 Å². The quantitative estimate of drug-likeness (QED) is 0.663. The van der Waals surface area contributed by atoms with Gasteiger partial charge in [0, 0.05) is 18.7 Å². The van der Waals surface area contributed by atoms with Gasteiger partial charge in [-0.15, -0.1) is 0 Å². The van der Waals surface area contributed by atoms with E-state index in [-0.39, 0.29) is 36.2 Å². The van der Waals surface area contributed by atoms with Crippen LogP contribution in [0.25, 0.3) is 0 Å². The minimum Gasteiger partial charge on any atom is -0.490 e. The zero-order chi connectivity index (χ0) is 22.4. The Balaban J connectivity index is 1.71. The summed E-state index contributed by atoms with van der Waals surface area (Å²) in [6, 6.07) is 5.88. The molecule has 0 unspecified atom stereocenters. The van der Waals surface area contributed by atoms with E-state index in [0.29, 0.717) is 13.1 Å². The molecule has 1 saturated heterocycles. The number of anilines is 1. The predicted molar refractivity (Wildman–Crippen MR) is 108 cm³/mol. The van der Waals surface area contributed by atoms with Gasteiger partial charge >= 0.3 is 0 Å². The minimum absolute atomic E-state index is 0.0855. The molecule has 0 radical (unpaired) electrons. The van der Waals surface area contributed by atoms with E-state index in [0.717, 1.165) is 31.4 Å². The van der Waals surface area contributed by atoms with E-state index in [1.54, 1.807) is 11.8 Å². The molecule has 1 aliphatic rings. The summed E-state index contributed by atoms with van der Waals surface area (Å²) in [5.74, 6) is -4.88. The van der Waals surface area contributed by atoms with Gasteiger partial charge in [-0.2, -0.15) is 0 Å². The number of hydrogen-bond acceptors (Lipinski definition) is 4. The number of amides is 2. The Bertz CT molecular complexity index is 962. The van der Waals surface area contributed by atoms with Gasteiger partial charge in [0.2, 0.25) is 0 Å². The number of halogens is 3. The van der Waals surface area contributed by atoms with Crippen molar-refractivity contribution in [1.29, 1.82) is 0 Å².